The molecule has 0 aromatic heterocycles. The fourth-order valence-corrected chi connectivity index (χ4v) is 7.84. The van der Waals surface area contributed by atoms with Crippen LogP contribution in [0.1, 0.15) is 78.7 Å². The number of nitrogens with zero attached hydrogens (tertiary/aromatic N) is 2. The molecule has 1 saturated carbocycles. The lowest BCUT2D eigenvalue weighted by molar-refractivity contribution is -0.253. The maximum atomic E-state index is 13.2. The van der Waals surface area contributed by atoms with Gasteiger partial charge in [0.15, 0.2) is 6.29 Å². The molecule has 7 rings (SSSR count). The molecule has 2 saturated heterocycles. The van der Waals surface area contributed by atoms with E-state index in [9.17, 15) is 19.5 Å². The summed E-state index contributed by atoms with van der Waals surface area (Å²) in [5, 5.41) is 12.2. The van der Waals surface area contributed by atoms with Crippen LogP contribution in [0.4, 0.5) is 4.79 Å². The van der Waals surface area contributed by atoms with Gasteiger partial charge in [-0.3, -0.25) is 19.4 Å². The molecule has 2 N–H and O–H groups in total. The Morgan fingerprint density at radius 2 is 1.60 bits per heavy atom. The highest BCUT2D eigenvalue weighted by Crippen LogP contribution is 2.39. The van der Waals surface area contributed by atoms with Crippen molar-refractivity contribution in [1.82, 2.24) is 15.1 Å². The molecule has 2 aliphatic heterocycles. The number of hydrogen-bond donors (Lipinski definition) is 2. The number of rotatable bonds is 14. The van der Waals surface area contributed by atoms with E-state index in [0.717, 1.165) is 58.5 Å². The van der Waals surface area contributed by atoms with Gasteiger partial charge in [-0.05, 0) is 52.3 Å². The van der Waals surface area contributed by atoms with E-state index in [1.54, 1.807) is 0 Å². The topological polar surface area (TPSA) is 118 Å². The highest BCUT2D eigenvalue weighted by molar-refractivity contribution is 6.06. The minimum Gasteiger partial charge on any atom is -0.445 e. The Labute approximate surface area is 322 Å². The largest absolute Gasteiger partial charge is 0.445 e. The van der Waals surface area contributed by atoms with E-state index in [2.05, 4.69) is 16.8 Å². The number of likely N-dealkylation sites (tertiary alicyclic amines) is 1. The van der Waals surface area contributed by atoms with Crippen LogP contribution < -0.4 is 5.32 Å². The molecule has 4 aromatic rings. The SMILES string of the molecule is C=CCN(C[C@H]1C[C@@H](c2ccc(CO)cc2)O[C@@H](c2ccc(-c3cccc(CN4C(=O)CC(NC(=O)OCc5ccccc5)C4=O)c3)cc2)O1)C1CCCC1. The van der Waals surface area contributed by atoms with Crippen LogP contribution in [0.5, 0.6) is 0 Å². The molecule has 2 heterocycles. The van der Waals surface area contributed by atoms with Crippen LogP contribution in [0.15, 0.2) is 116 Å². The molecule has 1 unspecified atom stereocenters. The first kappa shape index (κ1) is 38.2. The molecule has 3 fully saturated rings. The molecule has 10 heteroatoms. The van der Waals surface area contributed by atoms with Crippen molar-refractivity contribution in [3.63, 3.8) is 0 Å². The Balaban J connectivity index is 1.01. The summed E-state index contributed by atoms with van der Waals surface area (Å²) in [6, 6.07) is 32.6. The Morgan fingerprint density at radius 1 is 0.873 bits per heavy atom. The van der Waals surface area contributed by atoms with Crippen LogP contribution in [-0.4, -0.2) is 64.1 Å². The van der Waals surface area contributed by atoms with Crippen molar-refractivity contribution in [3.8, 4) is 11.1 Å². The lowest BCUT2D eigenvalue weighted by Crippen LogP contribution is -2.43. The summed E-state index contributed by atoms with van der Waals surface area (Å²) < 4.78 is 18.6. The smallest absolute Gasteiger partial charge is 0.408 e. The zero-order valence-electron chi connectivity index (χ0n) is 31.1. The number of alkyl carbamates (subject to hydrolysis) is 1. The van der Waals surface area contributed by atoms with Gasteiger partial charge in [-0.25, -0.2) is 4.79 Å². The predicted octanol–water partition coefficient (Wildman–Crippen LogP) is 7.38. The summed E-state index contributed by atoms with van der Waals surface area (Å²) in [5.41, 5.74) is 6.34. The van der Waals surface area contributed by atoms with Crippen LogP contribution in [-0.2, 0) is 43.6 Å². The Hall–Kier alpha value is -5.13. The summed E-state index contributed by atoms with van der Waals surface area (Å²) in [7, 11) is 0. The number of benzene rings is 4. The van der Waals surface area contributed by atoms with Crippen molar-refractivity contribution in [1.29, 1.82) is 0 Å². The highest BCUT2D eigenvalue weighted by atomic mass is 16.7. The van der Waals surface area contributed by atoms with Crippen molar-refractivity contribution in [2.24, 2.45) is 0 Å². The number of imide groups is 1. The molecule has 1 aliphatic carbocycles. The average Bonchev–Trinajstić information content (AvgIpc) is 3.85. The highest BCUT2D eigenvalue weighted by Gasteiger charge is 2.40. The van der Waals surface area contributed by atoms with Gasteiger partial charge in [0.2, 0.25) is 5.91 Å². The van der Waals surface area contributed by atoms with Gasteiger partial charge in [0, 0.05) is 31.1 Å². The molecule has 3 aliphatic rings. The second-order valence-corrected chi connectivity index (χ2v) is 14.6. The number of nitrogens with one attached hydrogen (secondary N) is 1. The molecular formula is C45H49N3O7. The van der Waals surface area contributed by atoms with Crippen LogP contribution in [0, 0.1) is 0 Å². The number of aliphatic hydroxyl groups excluding tert-OH is 1. The van der Waals surface area contributed by atoms with Crippen molar-refractivity contribution in [2.75, 3.05) is 13.1 Å². The first-order valence-electron chi connectivity index (χ1n) is 19.2. The first-order chi connectivity index (χ1) is 26.9. The van der Waals surface area contributed by atoms with E-state index in [1.165, 1.54) is 30.6 Å². The summed E-state index contributed by atoms with van der Waals surface area (Å²) in [4.78, 5) is 42.2. The van der Waals surface area contributed by atoms with Crippen molar-refractivity contribution in [2.45, 2.75) is 88.9 Å². The zero-order chi connectivity index (χ0) is 38.1. The van der Waals surface area contributed by atoms with Crippen molar-refractivity contribution in [3.05, 3.63) is 144 Å². The Bertz CT molecular complexity index is 1930. The van der Waals surface area contributed by atoms with Crippen LogP contribution in [0.25, 0.3) is 11.1 Å². The number of hydrogen-bond acceptors (Lipinski definition) is 8. The maximum absolute atomic E-state index is 13.2. The molecule has 286 valence electrons. The van der Waals surface area contributed by atoms with Gasteiger partial charge < -0.3 is 24.6 Å². The molecular weight excluding hydrogens is 695 g/mol. The number of carbonyl (C=O) groups is 3. The molecule has 0 bridgehead atoms. The normalized spacial score (nSPS) is 21.6. The standard InChI is InChI=1S/C45H49N3O7/c1-2-23-47(38-13-6-7-14-38)28-39-25-41(35-17-15-31(29-49)16-18-35)55-44(54-39)36-21-19-34(20-22-36)37-12-8-11-33(24-37)27-48-42(50)26-40(43(48)51)46-45(52)53-30-32-9-4-3-5-10-32/h2-5,8-12,15-22,24,38-41,44,49H,1,6-7,13-14,23,25-30H2,(H,46,52)/t39-,40?,41+,44+/m1/s1. The van der Waals surface area contributed by atoms with Crippen LogP contribution in [0.2, 0.25) is 0 Å². The second kappa shape index (κ2) is 18.0. The van der Waals surface area contributed by atoms with E-state index >= 15 is 0 Å². The van der Waals surface area contributed by atoms with E-state index in [-0.39, 0.29) is 44.3 Å². The van der Waals surface area contributed by atoms with Gasteiger partial charge in [0.05, 0.1) is 31.8 Å². The minimum atomic E-state index is -0.970. The zero-order valence-corrected chi connectivity index (χ0v) is 31.1. The number of ether oxygens (including phenoxy) is 3. The van der Waals surface area contributed by atoms with Crippen molar-refractivity contribution < 1.29 is 33.7 Å². The third-order valence-electron chi connectivity index (χ3n) is 10.8. The maximum Gasteiger partial charge on any atom is 0.408 e. The van der Waals surface area contributed by atoms with E-state index < -0.39 is 24.3 Å². The average molecular weight is 744 g/mol. The quantitative estimate of drug-likeness (QED) is 0.102. The summed E-state index contributed by atoms with van der Waals surface area (Å²) in [5.74, 6) is -0.807. The molecule has 4 aromatic carbocycles. The number of amides is 3. The molecule has 10 nitrogen and oxygen atoms in total. The van der Waals surface area contributed by atoms with E-state index in [0.29, 0.717) is 6.04 Å². The summed E-state index contributed by atoms with van der Waals surface area (Å²) in [6.45, 7) is 5.79. The minimum absolute atomic E-state index is 0.00626. The van der Waals surface area contributed by atoms with Gasteiger partial charge in [0.1, 0.15) is 12.6 Å². The van der Waals surface area contributed by atoms with Gasteiger partial charge in [-0.15, -0.1) is 6.58 Å². The van der Waals surface area contributed by atoms with Gasteiger partial charge >= 0.3 is 6.09 Å². The molecule has 55 heavy (non-hydrogen) atoms. The monoisotopic (exact) mass is 743 g/mol. The summed E-state index contributed by atoms with van der Waals surface area (Å²) in [6.07, 6.45) is 5.95. The third kappa shape index (κ3) is 9.58. The second-order valence-electron chi connectivity index (χ2n) is 14.6. The Kier molecular flexibility index (Phi) is 12.5. The van der Waals surface area contributed by atoms with Gasteiger partial charge in [-0.2, -0.15) is 0 Å². The number of carbonyl (C=O) groups excluding carboxylic acids is 3. The van der Waals surface area contributed by atoms with Gasteiger partial charge in [-0.1, -0.05) is 116 Å². The molecule has 3 amide bonds. The number of aliphatic hydroxyl groups is 1. The van der Waals surface area contributed by atoms with Crippen molar-refractivity contribution >= 4 is 17.9 Å². The Morgan fingerprint density at radius 3 is 2.33 bits per heavy atom. The van der Waals surface area contributed by atoms with Crippen LogP contribution in [0.3, 0.4) is 0 Å². The summed E-state index contributed by atoms with van der Waals surface area (Å²) >= 11 is 0. The fourth-order valence-electron chi connectivity index (χ4n) is 7.84. The van der Waals surface area contributed by atoms with Crippen LogP contribution >= 0.6 is 0 Å². The lowest BCUT2D eigenvalue weighted by Gasteiger charge is -2.39. The molecule has 0 spiro atoms. The molecule has 4 atom stereocenters. The van der Waals surface area contributed by atoms with E-state index in [1.807, 2.05) is 109 Å². The predicted molar refractivity (Wildman–Crippen MR) is 208 cm³/mol. The van der Waals surface area contributed by atoms with E-state index in [4.69, 9.17) is 14.2 Å². The fraction of sp³-hybridized carbons (Fsp3) is 0.356. The molecule has 0 radical (unpaired) electrons. The van der Waals surface area contributed by atoms with Gasteiger partial charge in [0.25, 0.3) is 5.91 Å². The first-order valence-corrected chi connectivity index (χ1v) is 19.2. The third-order valence-corrected chi connectivity index (χ3v) is 10.8. The lowest BCUT2D eigenvalue weighted by atomic mass is 9.98.